The van der Waals surface area contributed by atoms with E-state index in [0.717, 1.165) is 30.5 Å². The SMILES string of the molecule is CN[C@@H](C)C(=O)NC1CNCCC2CCC(C(=O)NC(c3ccccc3)c3ccccc3)N2C1=O. The van der Waals surface area contributed by atoms with Gasteiger partial charge >= 0.3 is 0 Å². The van der Waals surface area contributed by atoms with Crippen molar-refractivity contribution in [3.8, 4) is 0 Å². The Labute approximate surface area is 206 Å². The second-order valence-electron chi connectivity index (χ2n) is 9.32. The zero-order valence-electron chi connectivity index (χ0n) is 20.4. The zero-order valence-corrected chi connectivity index (χ0v) is 20.4. The Kier molecular flexibility index (Phi) is 8.15. The molecule has 4 atom stereocenters. The fraction of sp³-hybridized carbons (Fsp3) is 0.444. The molecule has 8 nitrogen and oxygen atoms in total. The van der Waals surface area contributed by atoms with Crippen molar-refractivity contribution in [3.63, 3.8) is 0 Å². The molecule has 2 fully saturated rings. The van der Waals surface area contributed by atoms with E-state index in [-0.39, 0.29) is 29.8 Å². The van der Waals surface area contributed by atoms with Gasteiger partial charge in [-0.1, -0.05) is 60.7 Å². The molecule has 2 aliphatic heterocycles. The number of hydrogen-bond donors (Lipinski definition) is 4. The predicted octanol–water partition coefficient (Wildman–Crippen LogP) is 1.34. The van der Waals surface area contributed by atoms with E-state index in [1.807, 2.05) is 60.7 Å². The number of amides is 3. The van der Waals surface area contributed by atoms with Gasteiger partial charge in [-0.2, -0.15) is 0 Å². The van der Waals surface area contributed by atoms with Crippen LogP contribution < -0.4 is 21.3 Å². The van der Waals surface area contributed by atoms with Crippen molar-refractivity contribution in [2.24, 2.45) is 0 Å². The highest BCUT2D eigenvalue weighted by Crippen LogP contribution is 2.30. The average molecular weight is 478 g/mol. The van der Waals surface area contributed by atoms with Crippen molar-refractivity contribution in [1.29, 1.82) is 0 Å². The summed E-state index contributed by atoms with van der Waals surface area (Å²) in [4.78, 5) is 41.5. The Morgan fingerprint density at radius 3 is 2.20 bits per heavy atom. The summed E-state index contributed by atoms with van der Waals surface area (Å²) in [6, 6.07) is 17.7. The normalized spacial score (nSPS) is 23.2. The molecule has 0 bridgehead atoms. The number of likely N-dealkylation sites (N-methyl/N-ethyl adjacent to an activating group) is 1. The summed E-state index contributed by atoms with van der Waals surface area (Å²) in [5, 5.41) is 12.3. The van der Waals surface area contributed by atoms with E-state index in [1.54, 1.807) is 18.9 Å². The summed E-state index contributed by atoms with van der Waals surface area (Å²) in [7, 11) is 1.70. The van der Waals surface area contributed by atoms with Crippen LogP contribution in [0.5, 0.6) is 0 Å². The maximum absolute atomic E-state index is 13.7. The quantitative estimate of drug-likeness (QED) is 0.482. The molecule has 4 rings (SSSR count). The van der Waals surface area contributed by atoms with Gasteiger partial charge in [0, 0.05) is 12.6 Å². The van der Waals surface area contributed by atoms with Gasteiger partial charge in [0.25, 0.3) is 0 Å². The van der Waals surface area contributed by atoms with Gasteiger partial charge in [0.2, 0.25) is 17.7 Å². The molecule has 3 unspecified atom stereocenters. The van der Waals surface area contributed by atoms with Crippen molar-refractivity contribution >= 4 is 17.7 Å². The van der Waals surface area contributed by atoms with Gasteiger partial charge in [-0.25, -0.2) is 0 Å². The lowest BCUT2D eigenvalue weighted by Crippen LogP contribution is -2.61. The number of fused-ring (bicyclic) bond motifs is 1. The molecule has 2 aromatic carbocycles. The number of nitrogens with zero attached hydrogens (tertiary/aromatic N) is 1. The molecule has 2 aromatic rings. The molecule has 0 aliphatic carbocycles. The van der Waals surface area contributed by atoms with Crippen LogP contribution in [0.2, 0.25) is 0 Å². The van der Waals surface area contributed by atoms with Gasteiger partial charge in [0.05, 0.1) is 12.1 Å². The lowest BCUT2D eigenvalue weighted by molar-refractivity contribution is -0.144. The van der Waals surface area contributed by atoms with Gasteiger partial charge in [0.15, 0.2) is 0 Å². The highest BCUT2D eigenvalue weighted by atomic mass is 16.2. The Balaban J connectivity index is 1.55. The number of carbonyl (C=O) groups is 3. The van der Waals surface area contributed by atoms with E-state index in [2.05, 4.69) is 21.3 Å². The van der Waals surface area contributed by atoms with Gasteiger partial charge in [-0.3, -0.25) is 14.4 Å². The van der Waals surface area contributed by atoms with Gasteiger partial charge in [-0.15, -0.1) is 0 Å². The molecule has 4 N–H and O–H groups in total. The molecular weight excluding hydrogens is 442 g/mol. The summed E-state index contributed by atoms with van der Waals surface area (Å²) < 4.78 is 0. The third kappa shape index (κ3) is 5.71. The number of carbonyl (C=O) groups excluding carboxylic acids is 3. The van der Waals surface area contributed by atoms with E-state index < -0.39 is 18.1 Å². The first-order valence-electron chi connectivity index (χ1n) is 12.4. The van der Waals surface area contributed by atoms with E-state index in [9.17, 15) is 14.4 Å². The minimum Gasteiger partial charge on any atom is -0.343 e. The molecule has 35 heavy (non-hydrogen) atoms. The predicted molar refractivity (Wildman–Crippen MR) is 134 cm³/mol. The standard InChI is InChI=1S/C27H35N5O3/c1-18(28-2)25(33)30-22-17-29-16-15-21-13-14-23(32(21)27(22)35)26(34)31-24(19-9-5-3-6-10-19)20-11-7-4-8-12-20/h3-12,18,21-24,28-29H,13-17H2,1-2H3,(H,30,33)(H,31,34)/t18-,21?,22?,23?/m0/s1. The van der Waals surface area contributed by atoms with Gasteiger partial charge < -0.3 is 26.2 Å². The van der Waals surface area contributed by atoms with E-state index in [0.29, 0.717) is 13.0 Å². The number of benzene rings is 2. The summed E-state index contributed by atoms with van der Waals surface area (Å²) in [5.41, 5.74) is 1.96. The fourth-order valence-electron chi connectivity index (χ4n) is 4.97. The third-order valence-electron chi connectivity index (χ3n) is 7.06. The van der Waals surface area contributed by atoms with Crippen LogP contribution in [0.1, 0.15) is 43.4 Å². The van der Waals surface area contributed by atoms with Crippen LogP contribution >= 0.6 is 0 Å². The number of rotatable bonds is 7. The Morgan fingerprint density at radius 1 is 0.971 bits per heavy atom. The number of hydrogen-bond acceptors (Lipinski definition) is 5. The van der Waals surface area contributed by atoms with Crippen LogP contribution in [0.25, 0.3) is 0 Å². The minimum absolute atomic E-state index is 0.0286. The van der Waals surface area contributed by atoms with Crippen LogP contribution in [-0.4, -0.2) is 66.9 Å². The summed E-state index contributed by atoms with van der Waals surface area (Å²) in [5.74, 6) is -0.605. The fourth-order valence-corrected chi connectivity index (χ4v) is 4.97. The lowest BCUT2D eigenvalue weighted by atomic mass is 9.98. The molecule has 0 saturated carbocycles. The average Bonchev–Trinajstić information content (AvgIpc) is 3.31. The third-order valence-corrected chi connectivity index (χ3v) is 7.06. The molecule has 3 amide bonds. The van der Waals surface area contributed by atoms with Gasteiger partial charge in [0.1, 0.15) is 12.1 Å². The van der Waals surface area contributed by atoms with Crippen molar-refractivity contribution in [2.75, 3.05) is 20.1 Å². The van der Waals surface area contributed by atoms with Crippen LogP contribution in [0.4, 0.5) is 0 Å². The minimum atomic E-state index is -0.714. The van der Waals surface area contributed by atoms with E-state index in [1.165, 1.54) is 0 Å². The topological polar surface area (TPSA) is 103 Å². The summed E-state index contributed by atoms with van der Waals surface area (Å²) in [6.45, 7) is 2.82. The highest BCUT2D eigenvalue weighted by Gasteiger charge is 2.44. The molecule has 186 valence electrons. The molecule has 2 saturated heterocycles. The lowest BCUT2D eigenvalue weighted by Gasteiger charge is -2.36. The van der Waals surface area contributed by atoms with Crippen LogP contribution in [0.3, 0.4) is 0 Å². The molecule has 2 heterocycles. The van der Waals surface area contributed by atoms with E-state index >= 15 is 0 Å². The van der Waals surface area contributed by atoms with Crippen LogP contribution in [0, 0.1) is 0 Å². The largest absolute Gasteiger partial charge is 0.343 e. The molecule has 8 heteroatoms. The second-order valence-corrected chi connectivity index (χ2v) is 9.32. The second kappa shape index (κ2) is 11.5. The molecule has 0 aromatic heterocycles. The van der Waals surface area contributed by atoms with Crippen molar-refractivity contribution in [2.45, 2.75) is 56.4 Å². The van der Waals surface area contributed by atoms with Crippen LogP contribution in [0.15, 0.2) is 60.7 Å². The maximum Gasteiger partial charge on any atom is 0.247 e. The highest BCUT2D eigenvalue weighted by molar-refractivity contribution is 5.94. The first kappa shape index (κ1) is 24.9. The molecular formula is C27H35N5O3. The smallest absolute Gasteiger partial charge is 0.247 e. The number of nitrogens with one attached hydrogen (secondary N) is 4. The Hall–Kier alpha value is -3.23. The Morgan fingerprint density at radius 2 is 1.60 bits per heavy atom. The summed E-state index contributed by atoms with van der Waals surface area (Å²) >= 11 is 0. The summed E-state index contributed by atoms with van der Waals surface area (Å²) in [6.07, 6.45) is 2.15. The maximum atomic E-state index is 13.7. The zero-order chi connectivity index (χ0) is 24.8. The molecule has 0 spiro atoms. The van der Waals surface area contributed by atoms with Crippen molar-refractivity contribution in [1.82, 2.24) is 26.2 Å². The first-order valence-corrected chi connectivity index (χ1v) is 12.4. The van der Waals surface area contributed by atoms with E-state index in [4.69, 9.17) is 0 Å². The Bertz CT molecular complexity index is 976. The first-order chi connectivity index (χ1) is 17.0. The van der Waals surface area contributed by atoms with Crippen LogP contribution in [-0.2, 0) is 14.4 Å². The molecule has 0 radical (unpaired) electrons. The van der Waals surface area contributed by atoms with Crippen molar-refractivity contribution in [3.05, 3.63) is 71.8 Å². The molecule has 2 aliphatic rings. The monoisotopic (exact) mass is 477 g/mol. The van der Waals surface area contributed by atoms with Gasteiger partial charge in [-0.05, 0) is 50.9 Å². The van der Waals surface area contributed by atoms with Crippen molar-refractivity contribution < 1.29 is 14.4 Å².